The van der Waals surface area contributed by atoms with Gasteiger partial charge in [0.15, 0.2) is 0 Å². The lowest BCUT2D eigenvalue weighted by atomic mass is 9.77. The maximum Gasteiger partial charge on any atom is 0.346 e. The summed E-state index contributed by atoms with van der Waals surface area (Å²) in [5.74, 6) is 1.90. The number of hydrogen-bond donors (Lipinski definition) is 0. The molecule has 1 heterocycles. The summed E-state index contributed by atoms with van der Waals surface area (Å²) in [4.78, 5) is 12.4. The topological polar surface area (TPSA) is 30.2 Å². The first kappa shape index (κ1) is 23.0. The van der Waals surface area contributed by atoms with E-state index in [0.29, 0.717) is 29.0 Å². The van der Waals surface area contributed by atoms with E-state index in [1.54, 1.807) is 0 Å². The van der Waals surface area contributed by atoms with Crippen molar-refractivity contribution in [1.29, 1.82) is 0 Å². The molecule has 1 aliphatic rings. The zero-order chi connectivity index (χ0) is 21.3. The van der Waals surface area contributed by atoms with Crippen molar-refractivity contribution in [2.24, 2.45) is 11.8 Å². The number of hydrogen-bond acceptors (Lipinski definition) is 2. The number of halogens is 1. The van der Waals surface area contributed by atoms with E-state index in [-0.39, 0.29) is 11.2 Å². The highest BCUT2D eigenvalue weighted by molar-refractivity contribution is 5.82. The van der Waals surface area contributed by atoms with E-state index in [1.165, 1.54) is 51.4 Å². The van der Waals surface area contributed by atoms with Crippen LogP contribution in [0.15, 0.2) is 27.4 Å². The Morgan fingerprint density at radius 3 is 2.27 bits per heavy atom. The summed E-state index contributed by atoms with van der Waals surface area (Å²) in [7, 11) is 0. The molecule has 0 amide bonds. The van der Waals surface area contributed by atoms with Crippen LogP contribution in [-0.4, -0.2) is 0 Å². The Labute approximate surface area is 181 Å². The van der Waals surface area contributed by atoms with Gasteiger partial charge in [0.2, 0.25) is 0 Å². The lowest BCUT2D eigenvalue weighted by Crippen LogP contribution is -2.15. The molecule has 0 aliphatic heterocycles. The van der Waals surface area contributed by atoms with Crippen LogP contribution in [0.3, 0.4) is 0 Å². The van der Waals surface area contributed by atoms with Gasteiger partial charge in [0.1, 0.15) is 17.0 Å². The second-order valence-corrected chi connectivity index (χ2v) is 9.38. The van der Waals surface area contributed by atoms with E-state index < -0.39 is 5.63 Å². The van der Waals surface area contributed by atoms with E-state index in [2.05, 4.69) is 13.8 Å². The monoisotopic (exact) mass is 414 g/mol. The maximum absolute atomic E-state index is 15.1. The number of unbranched alkanes of at least 4 members (excludes halogenated alkanes) is 4. The Morgan fingerprint density at radius 1 is 0.900 bits per heavy atom. The molecular formula is C27H39FO2. The van der Waals surface area contributed by atoms with Crippen LogP contribution < -0.4 is 5.63 Å². The third-order valence-electron chi connectivity index (χ3n) is 7.03. The molecule has 0 radical (unpaired) electrons. The van der Waals surface area contributed by atoms with Crippen LogP contribution in [0.4, 0.5) is 4.39 Å². The number of benzene rings is 1. The van der Waals surface area contributed by atoms with Crippen molar-refractivity contribution in [3.8, 4) is 0 Å². The zero-order valence-corrected chi connectivity index (χ0v) is 19.0. The molecule has 1 aromatic heterocycles. The molecule has 0 N–H and O–H groups in total. The smallest absolute Gasteiger partial charge is 0.346 e. The Kier molecular flexibility index (Phi) is 8.96. The average Bonchev–Trinajstić information content (AvgIpc) is 2.74. The first-order valence-electron chi connectivity index (χ1n) is 12.4. The SMILES string of the molecule is CCCCCc1cc2ccc(CCC3CCC(CCCCC)CC3)c(F)c2c(=O)o1. The fraction of sp³-hybridized carbons (Fsp3) is 0.667. The summed E-state index contributed by atoms with van der Waals surface area (Å²) >= 11 is 0. The van der Waals surface area contributed by atoms with Gasteiger partial charge in [-0.3, -0.25) is 0 Å². The van der Waals surface area contributed by atoms with Crippen molar-refractivity contribution in [2.75, 3.05) is 0 Å². The van der Waals surface area contributed by atoms with Gasteiger partial charge < -0.3 is 4.42 Å². The Balaban J connectivity index is 1.58. The van der Waals surface area contributed by atoms with Crippen LogP contribution in [0, 0.1) is 17.7 Å². The van der Waals surface area contributed by atoms with E-state index >= 15 is 4.39 Å². The first-order valence-corrected chi connectivity index (χ1v) is 12.4. The van der Waals surface area contributed by atoms with E-state index in [4.69, 9.17) is 4.42 Å². The molecule has 1 aliphatic carbocycles. The first-order chi connectivity index (χ1) is 14.6. The molecule has 0 atom stereocenters. The molecular weight excluding hydrogens is 375 g/mol. The normalized spacial score (nSPS) is 19.4. The molecule has 1 fully saturated rings. The van der Waals surface area contributed by atoms with Gasteiger partial charge >= 0.3 is 5.63 Å². The molecule has 3 heteroatoms. The molecule has 1 saturated carbocycles. The molecule has 30 heavy (non-hydrogen) atoms. The summed E-state index contributed by atoms with van der Waals surface area (Å²) in [6.45, 7) is 4.41. The lowest BCUT2D eigenvalue weighted by molar-refractivity contribution is 0.249. The van der Waals surface area contributed by atoms with Crippen molar-refractivity contribution in [1.82, 2.24) is 0 Å². The molecule has 2 aromatic rings. The fourth-order valence-electron chi connectivity index (χ4n) is 5.05. The van der Waals surface area contributed by atoms with Crippen LogP contribution in [0.2, 0.25) is 0 Å². The number of fused-ring (bicyclic) bond motifs is 1. The quantitative estimate of drug-likeness (QED) is 0.349. The standard InChI is InChI=1S/C27H39FO2/c1-3-5-7-9-20-11-13-21(14-12-20)15-16-22-17-18-23-19-24(10-8-6-4-2)30-27(29)25(23)26(22)28/h17-21H,3-16H2,1-2H3. The summed E-state index contributed by atoms with van der Waals surface area (Å²) in [6, 6.07) is 5.63. The molecule has 0 bridgehead atoms. The van der Waals surface area contributed by atoms with Crippen LogP contribution in [0.25, 0.3) is 10.8 Å². The summed E-state index contributed by atoms with van der Waals surface area (Å²) in [5, 5.41) is 0.804. The predicted molar refractivity (Wildman–Crippen MR) is 124 cm³/mol. The number of rotatable bonds is 11. The van der Waals surface area contributed by atoms with Gasteiger partial charge in [-0.25, -0.2) is 9.18 Å². The molecule has 166 valence electrons. The molecule has 0 spiro atoms. The lowest BCUT2D eigenvalue weighted by Gasteiger charge is -2.28. The Hall–Kier alpha value is -1.64. The minimum Gasteiger partial charge on any atom is -0.427 e. The molecule has 0 unspecified atom stereocenters. The minimum absolute atomic E-state index is 0.131. The van der Waals surface area contributed by atoms with Crippen LogP contribution in [-0.2, 0) is 12.8 Å². The maximum atomic E-state index is 15.1. The van der Waals surface area contributed by atoms with Gasteiger partial charge in [0, 0.05) is 6.42 Å². The average molecular weight is 415 g/mol. The second kappa shape index (κ2) is 11.7. The van der Waals surface area contributed by atoms with Crippen molar-refractivity contribution in [3.05, 3.63) is 45.8 Å². The van der Waals surface area contributed by atoms with Crippen LogP contribution >= 0.6 is 0 Å². The third-order valence-corrected chi connectivity index (χ3v) is 7.03. The second-order valence-electron chi connectivity index (χ2n) is 9.38. The highest BCUT2D eigenvalue weighted by atomic mass is 19.1. The predicted octanol–water partition coefficient (Wildman–Crippen LogP) is 7.98. The Bertz CT molecular complexity index is 846. The number of aryl methyl sites for hydroxylation is 2. The third kappa shape index (κ3) is 6.18. The van der Waals surface area contributed by atoms with Gasteiger partial charge in [0.05, 0.1) is 0 Å². The molecule has 0 saturated heterocycles. The van der Waals surface area contributed by atoms with E-state index in [9.17, 15) is 4.79 Å². The van der Waals surface area contributed by atoms with E-state index in [0.717, 1.165) is 38.0 Å². The highest BCUT2D eigenvalue weighted by Crippen LogP contribution is 2.34. The summed E-state index contributed by atoms with van der Waals surface area (Å²) < 4.78 is 20.5. The highest BCUT2D eigenvalue weighted by Gasteiger charge is 2.21. The van der Waals surface area contributed by atoms with E-state index in [1.807, 2.05) is 18.2 Å². The van der Waals surface area contributed by atoms with Crippen molar-refractivity contribution >= 4 is 10.8 Å². The zero-order valence-electron chi connectivity index (χ0n) is 19.0. The van der Waals surface area contributed by atoms with Crippen molar-refractivity contribution in [3.63, 3.8) is 0 Å². The van der Waals surface area contributed by atoms with Crippen molar-refractivity contribution < 1.29 is 8.81 Å². The minimum atomic E-state index is -0.522. The largest absolute Gasteiger partial charge is 0.427 e. The van der Waals surface area contributed by atoms with Gasteiger partial charge in [-0.05, 0) is 48.1 Å². The Morgan fingerprint density at radius 2 is 1.57 bits per heavy atom. The molecule has 3 rings (SSSR count). The molecule has 2 nitrogen and oxygen atoms in total. The fourth-order valence-corrected chi connectivity index (χ4v) is 5.05. The van der Waals surface area contributed by atoms with Crippen LogP contribution in [0.5, 0.6) is 0 Å². The summed E-state index contributed by atoms with van der Waals surface area (Å²) in [5.41, 5.74) is 0.143. The van der Waals surface area contributed by atoms with Crippen molar-refractivity contribution in [2.45, 2.75) is 104 Å². The molecule has 1 aromatic carbocycles. The summed E-state index contributed by atoms with van der Waals surface area (Å²) in [6.07, 6.45) is 16.3. The van der Waals surface area contributed by atoms with Crippen LogP contribution in [0.1, 0.15) is 102 Å². The van der Waals surface area contributed by atoms with Gasteiger partial charge in [-0.2, -0.15) is 0 Å². The van der Waals surface area contributed by atoms with Gasteiger partial charge in [-0.15, -0.1) is 0 Å². The van der Waals surface area contributed by atoms with Gasteiger partial charge in [-0.1, -0.05) is 90.2 Å². The van der Waals surface area contributed by atoms with Gasteiger partial charge in [0.25, 0.3) is 0 Å².